The van der Waals surface area contributed by atoms with Gasteiger partial charge in [0.1, 0.15) is 12.1 Å². The molecule has 0 radical (unpaired) electrons. The number of benzene rings is 1. The van der Waals surface area contributed by atoms with Crippen LogP contribution in [-0.4, -0.2) is 45.8 Å². The summed E-state index contributed by atoms with van der Waals surface area (Å²) in [5.41, 5.74) is 7.23. The number of H-pyrrole nitrogens is 1. The molecular formula is C19H27N3O4. The largest absolute Gasteiger partial charge is 0.480 e. The zero-order chi connectivity index (χ0) is 19.5. The molecule has 1 aromatic heterocycles. The summed E-state index contributed by atoms with van der Waals surface area (Å²) in [5, 5.41) is 13.0. The van der Waals surface area contributed by atoms with Crippen molar-refractivity contribution in [3.63, 3.8) is 0 Å². The van der Waals surface area contributed by atoms with E-state index in [2.05, 4.69) is 10.3 Å². The first kappa shape index (κ1) is 19.9. The van der Waals surface area contributed by atoms with Crippen LogP contribution in [-0.2, 0) is 20.7 Å². The predicted octanol–water partition coefficient (Wildman–Crippen LogP) is 1.81. The number of carbonyl (C=O) groups excluding carboxylic acids is 1. The Kier molecular flexibility index (Phi) is 6.05. The van der Waals surface area contributed by atoms with Crippen molar-refractivity contribution in [2.24, 2.45) is 5.73 Å². The fraction of sp³-hybridized carbons (Fsp3) is 0.474. The van der Waals surface area contributed by atoms with Crippen molar-refractivity contribution in [3.8, 4) is 0 Å². The molecule has 0 aliphatic heterocycles. The molecule has 3 atom stereocenters. The van der Waals surface area contributed by atoms with Crippen molar-refractivity contribution < 1.29 is 19.4 Å². The molecule has 0 saturated heterocycles. The number of amides is 1. The number of hydrogen-bond donors (Lipinski definition) is 4. The van der Waals surface area contributed by atoms with E-state index in [0.717, 1.165) is 16.5 Å². The molecule has 1 heterocycles. The summed E-state index contributed by atoms with van der Waals surface area (Å²) >= 11 is 0. The van der Waals surface area contributed by atoms with E-state index < -0.39 is 35.7 Å². The van der Waals surface area contributed by atoms with Gasteiger partial charge in [0.05, 0.1) is 11.7 Å². The normalized spacial score (nSPS) is 15.4. The van der Waals surface area contributed by atoms with E-state index in [9.17, 15) is 14.7 Å². The van der Waals surface area contributed by atoms with Crippen LogP contribution in [0.3, 0.4) is 0 Å². The van der Waals surface area contributed by atoms with E-state index in [1.807, 2.05) is 45.0 Å². The Morgan fingerprint density at radius 2 is 1.96 bits per heavy atom. The van der Waals surface area contributed by atoms with Gasteiger partial charge in [0.15, 0.2) is 0 Å². The van der Waals surface area contributed by atoms with Gasteiger partial charge in [0, 0.05) is 23.5 Å². The van der Waals surface area contributed by atoms with Crippen LogP contribution in [0.5, 0.6) is 0 Å². The van der Waals surface area contributed by atoms with Gasteiger partial charge in [0.25, 0.3) is 0 Å². The molecule has 0 fully saturated rings. The summed E-state index contributed by atoms with van der Waals surface area (Å²) in [6.07, 6.45) is 1.38. The minimum Gasteiger partial charge on any atom is -0.480 e. The van der Waals surface area contributed by atoms with Gasteiger partial charge < -0.3 is 25.9 Å². The number of carbonyl (C=O) groups is 2. The lowest BCUT2D eigenvalue weighted by molar-refractivity contribution is -0.143. The highest BCUT2D eigenvalue weighted by Gasteiger charge is 2.29. The van der Waals surface area contributed by atoms with E-state index in [4.69, 9.17) is 10.5 Å². The van der Waals surface area contributed by atoms with Crippen molar-refractivity contribution in [1.82, 2.24) is 10.3 Å². The molecule has 26 heavy (non-hydrogen) atoms. The molecule has 142 valence electrons. The minimum absolute atomic E-state index is 0.159. The van der Waals surface area contributed by atoms with Crippen LogP contribution in [0.15, 0.2) is 30.5 Å². The van der Waals surface area contributed by atoms with Gasteiger partial charge in [-0.25, -0.2) is 4.79 Å². The van der Waals surface area contributed by atoms with Crippen molar-refractivity contribution >= 4 is 22.8 Å². The second-order valence-electron chi connectivity index (χ2n) is 7.42. The molecule has 0 aliphatic carbocycles. The summed E-state index contributed by atoms with van der Waals surface area (Å²) in [4.78, 5) is 27.1. The fourth-order valence-electron chi connectivity index (χ4n) is 2.83. The fourth-order valence-corrected chi connectivity index (χ4v) is 2.83. The zero-order valence-electron chi connectivity index (χ0n) is 15.6. The second-order valence-corrected chi connectivity index (χ2v) is 7.42. The number of aliphatic carboxylic acids is 1. The number of carboxylic acid groups (broad SMARTS) is 1. The lowest BCUT2D eigenvalue weighted by Gasteiger charge is -2.29. The van der Waals surface area contributed by atoms with Crippen LogP contribution < -0.4 is 11.1 Å². The summed E-state index contributed by atoms with van der Waals surface area (Å²) in [6, 6.07) is 5.57. The molecule has 1 aromatic carbocycles. The molecule has 0 aliphatic rings. The predicted molar refractivity (Wildman–Crippen MR) is 99.8 cm³/mol. The van der Waals surface area contributed by atoms with Gasteiger partial charge in [0.2, 0.25) is 5.91 Å². The molecule has 7 nitrogen and oxygen atoms in total. The SMILES string of the molecule is C[C@@H](OC(C)(C)C)[C@H](N)C(=O)N[C@@H](Cc1c[nH]c2ccccc12)C(=O)O. The zero-order valence-corrected chi connectivity index (χ0v) is 15.6. The first-order valence-corrected chi connectivity index (χ1v) is 8.60. The highest BCUT2D eigenvalue weighted by atomic mass is 16.5. The third-order valence-electron chi connectivity index (χ3n) is 4.06. The van der Waals surface area contributed by atoms with Gasteiger partial charge in [-0.05, 0) is 39.3 Å². The number of nitrogens with one attached hydrogen (secondary N) is 2. The monoisotopic (exact) mass is 361 g/mol. The highest BCUT2D eigenvalue weighted by molar-refractivity contribution is 5.88. The Labute approximate surface area is 152 Å². The van der Waals surface area contributed by atoms with Crippen molar-refractivity contribution in [2.75, 3.05) is 0 Å². The Morgan fingerprint density at radius 3 is 2.58 bits per heavy atom. The molecule has 7 heteroatoms. The third kappa shape index (κ3) is 5.06. The molecule has 2 rings (SSSR count). The average Bonchev–Trinajstić information content (AvgIpc) is 2.95. The topological polar surface area (TPSA) is 117 Å². The van der Waals surface area contributed by atoms with Crippen LogP contribution in [0.2, 0.25) is 0 Å². The molecular weight excluding hydrogens is 334 g/mol. The summed E-state index contributed by atoms with van der Waals surface area (Å²) < 4.78 is 5.69. The summed E-state index contributed by atoms with van der Waals surface area (Å²) in [5.74, 6) is -1.66. The second kappa shape index (κ2) is 7.88. The molecule has 0 saturated carbocycles. The number of nitrogens with two attached hydrogens (primary N) is 1. The number of fused-ring (bicyclic) bond motifs is 1. The van der Waals surface area contributed by atoms with Crippen LogP contribution in [0.4, 0.5) is 0 Å². The Bertz CT molecular complexity index is 778. The summed E-state index contributed by atoms with van der Waals surface area (Å²) in [7, 11) is 0. The third-order valence-corrected chi connectivity index (χ3v) is 4.06. The van der Waals surface area contributed by atoms with Gasteiger partial charge in [-0.1, -0.05) is 18.2 Å². The lowest BCUT2D eigenvalue weighted by Crippen LogP contribution is -2.54. The van der Waals surface area contributed by atoms with Crippen LogP contribution in [0.25, 0.3) is 10.9 Å². The van der Waals surface area contributed by atoms with Crippen LogP contribution >= 0.6 is 0 Å². The maximum atomic E-state index is 12.4. The molecule has 0 bridgehead atoms. The standard InChI is InChI=1S/C19H27N3O4/c1-11(26-19(2,3)4)16(20)17(23)22-15(18(24)25)9-12-10-21-14-8-6-5-7-13(12)14/h5-8,10-11,15-16,21H,9,20H2,1-4H3,(H,22,23)(H,24,25)/t11-,15+,16+/m1/s1. The Balaban J connectivity index is 2.08. The quantitative estimate of drug-likeness (QED) is 0.600. The Morgan fingerprint density at radius 1 is 1.31 bits per heavy atom. The van der Waals surface area contributed by atoms with Crippen LogP contribution in [0.1, 0.15) is 33.3 Å². The molecule has 5 N–H and O–H groups in total. The van der Waals surface area contributed by atoms with Gasteiger partial charge in [-0.3, -0.25) is 4.79 Å². The van der Waals surface area contributed by atoms with Crippen molar-refractivity contribution in [3.05, 3.63) is 36.0 Å². The molecule has 0 spiro atoms. The smallest absolute Gasteiger partial charge is 0.326 e. The van der Waals surface area contributed by atoms with Gasteiger partial charge in [-0.2, -0.15) is 0 Å². The van der Waals surface area contributed by atoms with E-state index in [0.29, 0.717) is 0 Å². The first-order valence-electron chi connectivity index (χ1n) is 8.60. The number of para-hydroxylation sites is 1. The highest BCUT2D eigenvalue weighted by Crippen LogP contribution is 2.19. The average molecular weight is 361 g/mol. The van der Waals surface area contributed by atoms with Crippen LogP contribution in [0, 0.1) is 0 Å². The number of ether oxygens (including phenoxy) is 1. The first-order chi connectivity index (χ1) is 12.1. The van der Waals surface area contributed by atoms with Gasteiger partial charge in [-0.15, -0.1) is 0 Å². The van der Waals surface area contributed by atoms with Crippen molar-refractivity contribution in [1.29, 1.82) is 0 Å². The van der Waals surface area contributed by atoms with E-state index in [-0.39, 0.29) is 6.42 Å². The van der Waals surface area contributed by atoms with E-state index in [1.54, 1.807) is 13.1 Å². The lowest BCUT2D eigenvalue weighted by atomic mass is 10.0. The number of carboxylic acids is 1. The molecule has 1 amide bonds. The van der Waals surface area contributed by atoms with E-state index in [1.165, 1.54) is 0 Å². The van der Waals surface area contributed by atoms with E-state index >= 15 is 0 Å². The summed E-state index contributed by atoms with van der Waals surface area (Å²) in [6.45, 7) is 7.30. The number of aromatic amines is 1. The maximum absolute atomic E-state index is 12.4. The number of hydrogen-bond acceptors (Lipinski definition) is 4. The van der Waals surface area contributed by atoms with Crippen molar-refractivity contribution in [2.45, 2.75) is 57.9 Å². The van der Waals surface area contributed by atoms with Gasteiger partial charge >= 0.3 is 5.97 Å². The number of rotatable bonds is 7. The molecule has 2 aromatic rings. The number of aromatic nitrogens is 1. The Hall–Kier alpha value is -2.38. The molecule has 0 unspecified atom stereocenters. The maximum Gasteiger partial charge on any atom is 0.326 e. The minimum atomic E-state index is -1.11.